The van der Waals surface area contributed by atoms with Crippen molar-refractivity contribution in [1.29, 1.82) is 0 Å². The van der Waals surface area contributed by atoms with E-state index in [4.69, 9.17) is 14.2 Å². The van der Waals surface area contributed by atoms with Crippen molar-refractivity contribution in [2.45, 2.75) is 20.8 Å². The average Bonchev–Trinajstić information content (AvgIpc) is 2.57. The standard InChI is InChI=1S/C20H18O5/c1-12-19(25-14(3)22)9-6-16-10-17(11-23-20(12)16)15-4-7-18(8-5-15)24-13(2)21/h4-10H,11H2,1-3H3. The zero-order valence-electron chi connectivity index (χ0n) is 14.3. The topological polar surface area (TPSA) is 61.8 Å². The Labute approximate surface area is 145 Å². The van der Waals surface area contributed by atoms with Gasteiger partial charge in [0.05, 0.1) is 0 Å². The lowest BCUT2D eigenvalue weighted by Gasteiger charge is -2.21. The van der Waals surface area contributed by atoms with Gasteiger partial charge in [0.2, 0.25) is 0 Å². The van der Waals surface area contributed by atoms with Crippen molar-refractivity contribution >= 4 is 23.6 Å². The Morgan fingerprint density at radius 1 is 0.960 bits per heavy atom. The van der Waals surface area contributed by atoms with Crippen LogP contribution in [0.2, 0.25) is 0 Å². The number of carbonyl (C=O) groups excluding carboxylic acids is 2. The van der Waals surface area contributed by atoms with Crippen LogP contribution in [0.5, 0.6) is 17.2 Å². The maximum absolute atomic E-state index is 11.2. The van der Waals surface area contributed by atoms with E-state index in [1.807, 2.05) is 31.2 Å². The molecule has 0 spiro atoms. The van der Waals surface area contributed by atoms with Gasteiger partial charge in [-0.05, 0) is 48.4 Å². The number of carbonyl (C=O) groups is 2. The molecular formula is C20H18O5. The van der Waals surface area contributed by atoms with Crippen molar-refractivity contribution < 1.29 is 23.8 Å². The lowest BCUT2D eigenvalue weighted by atomic mass is 9.99. The van der Waals surface area contributed by atoms with Crippen LogP contribution in [0, 0.1) is 6.92 Å². The number of esters is 2. The zero-order valence-corrected chi connectivity index (χ0v) is 14.3. The van der Waals surface area contributed by atoms with Gasteiger partial charge in [-0.15, -0.1) is 0 Å². The van der Waals surface area contributed by atoms with Gasteiger partial charge in [-0.1, -0.05) is 12.1 Å². The largest absolute Gasteiger partial charge is 0.488 e. The molecule has 0 bridgehead atoms. The van der Waals surface area contributed by atoms with Crippen molar-refractivity contribution in [1.82, 2.24) is 0 Å². The molecule has 5 nitrogen and oxygen atoms in total. The average molecular weight is 338 g/mol. The van der Waals surface area contributed by atoms with E-state index in [9.17, 15) is 9.59 Å². The fraction of sp³-hybridized carbons (Fsp3) is 0.200. The third-order valence-corrected chi connectivity index (χ3v) is 3.83. The molecular weight excluding hydrogens is 320 g/mol. The van der Waals surface area contributed by atoms with Crippen LogP contribution in [0.1, 0.15) is 30.5 Å². The summed E-state index contributed by atoms with van der Waals surface area (Å²) in [5.41, 5.74) is 3.73. The molecule has 25 heavy (non-hydrogen) atoms. The van der Waals surface area contributed by atoms with Gasteiger partial charge >= 0.3 is 11.9 Å². The van der Waals surface area contributed by atoms with Crippen LogP contribution in [-0.2, 0) is 9.59 Å². The molecule has 0 fully saturated rings. The molecule has 0 saturated heterocycles. The van der Waals surface area contributed by atoms with Gasteiger partial charge in [0.15, 0.2) is 0 Å². The molecule has 1 aliphatic rings. The quantitative estimate of drug-likeness (QED) is 0.629. The number of hydrogen-bond acceptors (Lipinski definition) is 5. The van der Waals surface area contributed by atoms with Crippen LogP contribution >= 0.6 is 0 Å². The second-order valence-corrected chi connectivity index (χ2v) is 5.78. The van der Waals surface area contributed by atoms with Crippen LogP contribution in [0.15, 0.2) is 36.4 Å². The molecule has 2 aromatic rings. The van der Waals surface area contributed by atoms with E-state index in [0.29, 0.717) is 18.1 Å². The van der Waals surface area contributed by atoms with E-state index in [0.717, 1.165) is 28.0 Å². The van der Waals surface area contributed by atoms with Crippen molar-refractivity contribution in [3.8, 4) is 17.2 Å². The maximum Gasteiger partial charge on any atom is 0.308 e. The number of benzene rings is 2. The van der Waals surface area contributed by atoms with Gasteiger partial charge < -0.3 is 14.2 Å². The molecule has 1 heterocycles. The number of fused-ring (bicyclic) bond motifs is 1. The summed E-state index contributed by atoms with van der Waals surface area (Å²) in [6.07, 6.45) is 2.05. The molecule has 0 aromatic heterocycles. The summed E-state index contributed by atoms with van der Waals surface area (Å²) in [6, 6.07) is 10.9. The minimum Gasteiger partial charge on any atom is -0.488 e. The van der Waals surface area contributed by atoms with Gasteiger partial charge in [0.1, 0.15) is 23.9 Å². The minimum absolute atomic E-state index is 0.346. The van der Waals surface area contributed by atoms with Crippen molar-refractivity contribution in [3.05, 3.63) is 53.1 Å². The first-order valence-corrected chi connectivity index (χ1v) is 7.88. The Hall–Kier alpha value is -3.08. The first-order valence-electron chi connectivity index (χ1n) is 7.88. The summed E-state index contributed by atoms with van der Waals surface area (Å²) in [6.45, 7) is 5.01. The van der Waals surface area contributed by atoms with Crippen molar-refractivity contribution in [3.63, 3.8) is 0 Å². The van der Waals surface area contributed by atoms with E-state index in [-0.39, 0.29) is 11.9 Å². The monoisotopic (exact) mass is 338 g/mol. The predicted molar refractivity (Wildman–Crippen MR) is 93.6 cm³/mol. The Morgan fingerprint density at radius 2 is 1.64 bits per heavy atom. The third kappa shape index (κ3) is 3.71. The molecule has 3 rings (SSSR count). The number of rotatable bonds is 3. The maximum atomic E-state index is 11.2. The van der Waals surface area contributed by atoms with Gasteiger partial charge in [-0.3, -0.25) is 9.59 Å². The lowest BCUT2D eigenvalue weighted by molar-refractivity contribution is -0.132. The highest BCUT2D eigenvalue weighted by Crippen LogP contribution is 2.37. The highest BCUT2D eigenvalue weighted by atomic mass is 16.5. The summed E-state index contributed by atoms with van der Waals surface area (Å²) < 4.78 is 16.1. The molecule has 2 aromatic carbocycles. The van der Waals surface area contributed by atoms with E-state index in [1.165, 1.54) is 13.8 Å². The Kier molecular flexibility index (Phi) is 4.57. The lowest BCUT2D eigenvalue weighted by Crippen LogP contribution is -2.10. The fourth-order valence-electron chi connectivity index (χ4n) is 2.71. The summed E-state index contributed by atoms with van der Waals surface area (Å²) in [7, 11) is 0. The molecule has 5 heteroatoms. The molecule has 0 N–H and O–H groups in total. The molecule has 0 atom stereocenters. The minimum atomic E-state index is -0.358. The van der Waals surface area contributed by atoms with Gasteiger partial charge in [-0.2, -0.15) is 0 Å². The van der Waals surface area contributed by atoms with E-state index in [2.05, 4.69) is 0 Å². The summed E-state index contributed by atoms with van der Waals surface area (Å²) in [5.74, 6) is 1.03. The van der Waals surface area contributed by atoms with Gasteiger partial charge in [0.25, 0.3) is 0 Å². The van der Waals surface area contributed by atoms with E-state index >= 15 is 0 Å². The van der Waals surface area contributed by atoms with Crippen LogP contribution < -0.4 is 14.2 Å². The van der Waals surface area contributed by atoms with E-state index in [1.54, 1.807) is 18.2 Å². The normalized spacial score (nSPS) is 12.5. The first-order chi connectivity index (χ1) is 11.9. The fourth-order valence-corrected chi connectivity index (χ4v) is 2.71. The second kappa shape index (κ2) is 6.81. The van der Waals surface area contributed by atoms with Crippen LogP contribution in [0.4, 0.5) is 0 Å². The van der Waals surface area contributed by atoms with Crippen LogP contribution in [0.25, 0.3) is 11.6 Å². The summed E-state index contributed by atoms with van der Waals surface area (Å²) >= 11 is 0. The van der Waals surface area contributed by atoms with Gasteiger partial charge in [-0.25, -0.2) is 0 Å². The molecule has 0 saturated carbocycles. The SMILES string of the molecule is CC(=O)Oc1ccc(C2=Cc3ccc(OC(C)=O)c(C)c3OC2)cc1. The van der Waals surface area contributed by atoms with Crippen LogP contribution in [-0.4, -0.2) is 18.5 Å². The smallest absolute Gasteiger partial charge is 0.308 e. The van der Waals surface area contributed by atoms with Gasteiger partial charge in [0, 0.05) is 25.0 Å². The predicted octanol–water partition coefficient (Wildman–Crippen LogP) is 3.78. The van der Waals surface area contributed by atoms with E-state index < -0.39 is 0 Å². The van der Waals surface area contributed by atoms with Crippen molar-refractivity contribution in [2.24, 2.45) is 0 Å². The molecule has 1 aliphatic heterocycles. The summed E-state index contributed by atoms with van der Waals surface area (Å²) in [4.78, 5) is 22.1. The number of ether oxygens (including phenoxy) is 3. The molecule has 0 aliphatic carbocycles. The Morgan fingerprint density at radius 3 is 2.28 bits per heavy atom. The summed E-state index contributed by atoms with van der Waals surface area (Å²) in [5, 5.41) is 0. The molecule has 0 radical (unpaired) electrons. The van der Waals surface area contributed by atoms with Crippen LogP contribution in [0.3, 0.4) is 0 Å². The highest BCUT2D eigenvalue weighted by Gasteiger charge is 2.18. The number of hydrogen-bond donors (Lipinski definition) is 0. The first kappa shape index (κ1) is 16.8. The molecule has 128 valence electrons. The third-order valence-electron chi connectivity index (χ3n) is 3.83. The molecule has 0 unspecified atom stereocenters. The highest BCUT2D eigenvalue weighted by molar-refractivity contribution is 5.87. The Balaban J connectivity index is 1.88. The molecule has 0 amide bonds. The Bertz CT molecular complexity index is 862. The second-order valence-electron chi connectivity index (χ2n) is 5.78. The van der Waals surface area contributed by atoms with Crippen molar-refractivity contribution in [2.75, 3.05) is 6.61 Å². The zero-order chi connectivity index (χ0) is 18.0.